The van der Waals surface area contributed by atoms with E-state index in [1.54, 1.807) is 6.07 Å². The molecule has 0 spiro atoms. The van der Waals surface area contributed by atoms with Gasteiger partial charge in [0.2, 0.25) is 5.91 Å². The van der Waals surface area contributed by atoms with Crippen molar-refractivity contribution in [2.75, 3.05) is 0 Å². The summed E-state index contributed by atoms with van der Waals surface area (Å²) in [7, 11) is 0. The maximum atomic E-state index is 11.6. The third-order valence-corrected chi connectivity index (χ3v) is 2.39. The molecule has 0 aliphatic rings. The smallest absolute Gasteiger partial charge is 0.323 e. The van der Waals surface area contributed by atoms with E-state index in [1.165, 1.54) is 0 Å². The van der Waals surface area contributed by atoms with Crippen molar-refractivity contribution >= 4 is 16.9 Å². The van der Waals surface area contributed by atoms with Crippen molar-refractivity contribution in [1.29, 1.82) is 0 Å². The van der Waals surface area contributed by atoms with Crippen molar-refractivity contribution in [2.24, 2.45) is 0 Å². The first kappa shape index (κ1) is 11.4. The van der Waals surface area contributed by atoms with Crippen LogP contribution in [0.15, 0.2) is 23.0 Å². The van der Waals surface area contributed by atoms with E-state index in [-0.39, 0.29) is 17.6 Å². The van der Waals surface area contributed by atoms with Crippen LogP contribution in [0.2, 0.25) is 0 Å². The molecule has 0 aliphatic carbocycles. The van der Waals surface area contributed by atoms with Gasteiger partial charge in [-0.3, -0.25) is 4.79 Å². The lowest BCUT2D eigenvalue weighted by molar-refractivity contribution is -0.120. The first-order chi connectivity index (χ1) is 8.04. The van der Waals surface area contributed by atoms with Gasteiger partial charge in [-0.2, -0.15) is 0 Å². The minimum atomic E-state index is -0.233. The molecule has 0 saturated heterocycles. The first-order valence-corrected chi connectivity index (χ1v) is 5.55. The molecule has 5 heteroatoms. The molecule has 17 heavy (non-hydrogen) atoms. The van der Waals surface area contributed by atoms with Gasteiger partial charge in [0.1, 0.15) is 0 Å². The number of carbonyl (C=O) groups is 1. The Kier molecular flexibility index (Phi) is 2.99. The van der Waals surface area contributed by atoms with Gasteiger partial charge < -0.3 is 15.3 Å². The van der Waals surface area contributed by atoms with Crippen LogP contribution in [0.4, 0.5) is 0 Å². The maximum Gasteiger partial charge on any atom is 0.323 e. The average molecular weight is 233 g/mol. The molecule has 0 bridgehead atoms. The number of nitrogens with one attached hydrogen (secondary N) is 3. The van der Waals surface area contributed by atoms with Gasteiger partial charge in [0, 0.05) is 6.04 Å². The van der Waals surface area contributed by atoms with Crippen molar-refractivity contribution in [2.45, 2.75) is 26.3 Å². The zero-order chi connectivity index (χ0) is 12.4. The Labute approximate surface area is 98.2 Å². The molecule has 0 radical (unpaired) electrons. The molecule has 3 N–H and O–H groups in total. The van der Waals surface area contributed by atoms with E-state index < -0.39 is 0 Å². The molecule has 90 valence electrons. The number of amides is 1. The van der Waals surface area contributed by atoms with Crippen molar-refractivity contribution in [1.82, 2.24) is 15.3 Å². The molecule has 0 saturated carbocycles. The number of rotatable bonds is 3. The summed E-state index contributed by atoms with van der Waals surface area (Å²) in [5, 5.41) is 2.83. The Balaban J connectivity index is 2.19. The van der Waals surface area contributed by atoms with Crippen LogP contribution in [0.5, 0.6) is 0 Å². The molecule has 0 atom stereocenters. The number of aromatic amines is 2. The van der Waals surface area contributed by atoms with E-state index in [1.807, 2.05) is 26.0 Å². The quantitative estimate of drug-likeness (QED) is 0.737. The van der Waals surface area contributed by atoms with Gasteiger partial charge in [-0.15, -0.1) is 0 Å². The van der Waals surface area contributed by atoms with Gasteiger partial charge in [0.25, 0.3) is 0 Å². The molecule has 1 aromatic carbocycles. The van der Waals surface area contributed by atoms with Crippen molar-refractivity contribution in [3.8, 4) is 0 Å². The summed E-state index contributed by atoms with van der Waals surface area (Å²) in [4.78, 5) is 28.0. The number of imidazole rings is 1. The van der Waals surface area contributed by atoms with E-state index in [2.05, 4.69) is 15.3 Å². The Hall–Kier alpha value is -2.04. The molecule has 0 unspecified atom stereocenters. The van der Waals surface area contributed by atoms with Gasteiger partial charge in [0.05, 0.1) is 17.5 Å². The summed E-state index contributed by atoms with van der Waals surface area (Å²) in [6.07, 6.45) is 0.321. The summed E-state index contributed by atoms with van der Waals surface area (Å²) >= 11 is 0. The Morgan fingerprint density at radius 1 is 1.29 bits per heavy atom. The molecule has 5 nitrogen and oxygen atoms in total. The van der Waals surface area contributed by atoms with Gasteiger partial charge >= 0.3 is 5.69 Å². The fraction of sp³-hybridized carbons (Fsp3) is 0.333. The highest BCUT2D eigenvalue weighted by molar-refractivity contribution is 5.81. The average Bonchev–Trinajstić information content (AvgIpc) is 2.55. The minimum Gasteiger partial charge on any atom is -0.354 e. The standard InChI is InChI=1S/C12H15N3O2/c1-7(2)13-11(16)6-8-3-4-9-10(5-8)15-12(17)14-9/h3-5,7H,6H2,1-2H3,(H,13,16)(H2,14,15,17). The highest BCUT2D eigenvalue weighted by Gasteiger charge is 2.06. The van der Waals surface area contributed by atoms with Crippen LogP contribution in [0.25, 0.3) is 11.0 Å². The summed E-state index contributed by atoms with van der Waals surface area (Å²) in [5.74, 6) is -0.0165. The SMILES string of the molecule is CC(C)NC(=O)Cc1ccc2[nH]c(=O)[nH]c2c1. The second kappa shape index (κ2) is 4.45. The number of carbonyl (C=O) groups excluding carboxylic acids is 1. The van der Waals surface area contributed by atoms with Crippen molar-refractivity contribution in [3.63, 3.8) is 0 Å². The van der Waals surface area contributed by atoms with Crippen LogP contribution in [0, 0.1) is 0 Å². The van der Waals surface area contributed by atoms with Gasteiger partial charge in [-0.25, -0.2) is 4.79 Å². The summed E-state index contributed by atoms with van der Waals surface area (Å²) in [5.41, 5.74) is 2.13. The number of benzene rings is 1. The molecular weight excluding hydrogens is 218 g/mol. The molecule has 1 heterocycles. The topological polar surface area (TPSA) is 77.8 Å². The molecule has 2 rings (SSSR count). The van der Waals surface area contributed by atoms with Crippen LogP contribution in [0.1, 0.15) is 19.4 Å². The number of hydrogen-bond acceptors (Lipinski definition) is 2. The molecule has 0 fully saturated rings. The third kappa shape index (κ3) is 2.75. The van der Waals surface area contributed by atoms with Crippen molar-refractivity contribution < 1.29 is 4.79 Å². The maximum absolute atomic E-state index is 11.6. The van der Waals surface area contributed by atoms with Crippen LogP contribution < -0.4 is 11.0 Å². The third-order valence-electron chi connectivity index (χ3n) is 2.39. The van der Waals surface area contributed by atoms with Gasteiger partial charge in [-0.1, -0.05) is 6.07 Å². The number of fused-ring (bicyclic) bond motifs is 1. The van der Waals surface area contributed by atoms with E-state index in [0.717, 1.165) is 16.6 Å². The van der Waals surface area contributed by atoms with Gasteiger partial charge in [-0.05, 0) is 31.5 Å². The highest BCUT2D eigenvalue weighted by Crippen LogP contribution is 2.10. The number of aromatic nitrogens is 2. The van der Waals surface area contributed by atoms with Crippen LogP contribution in [-0.4, -0.2) is 21.9 Å². The second-order valence-corrected chi connectivity index (χ2v) is 4.36. The lowest BCUT2D eigenvalue weighted by atomic mass is 10.1. The Bertz CT molecular complexity index is 595. The predicted molar refractivity (Wildman–Crippen MR) is 65.9 cm³/mol. The lowest BCUT2D eigenvalue weighted by Crippen LogP contribution is -2.31. The van der Waals surface area contributed by atoms with E-state index in [9.17, 15) is 9.59 Å². The predicted octanol–water partition coefficient (Wildman–Crippen LogP) is 0.923. The molecule has 1 amide bonds. The lowest BCUT2D eigenvalue weighted by Gasteiger charge is -2.07. The summed E-state index contributed by atoms with van der Waals surface area (Å²) < 4.78 is 0. The number of H-pyrrole nitrogens is 2. The fourth-order valence-electron chi connectivity index (χ4n) is 1.75. The van der Waals surface area contributed by atoms with Gasteiger partial charge in [0.15, 0.2) is 0 Å². The van der Waals surface area contributed by atoms with Crippen LogP contribution in [0.3, 0.4) is 0 Å². The largest absolute Gasteiger partial charge is 0.354 e. The van der Waals surface area contributed by atoms with Crippen molar-refractivity contribution in [3.05, 3.63) is 34.2 Å². The molecule has 1 aromatic heterocycles. The molecule has 0 aliphatic heterocycles. The molecular formula is C12H15N3O2. The zero-order valence-electron chi connectivity index (χ0n) is 9.83. The number of hydrogen-bond donors (Lipinski definition) is 3. The zero-order valence-corrected chi connectivity index (χ0v) is 9.83. The monoisotopic (exact) mass is 233 g/mol. The highest BCUT2D eigenvalue weighted by atomic mass is 16.1. The van der Waals surface area contributed by atoms with E-state index in [0.29, 0.717) is 6.42 Å². The Morgan fingerprint density at radius 3 is 2.71 bits per heavy atom. The Morgan fingerprint density at radius 2 is 2.00 bits per heavy atom. The normalized spacial score (nSPS) is 11.0. The molecule has 2 aromatic rings. The van der Waals surface area contributed by atoms with E-state index >= 15 is 0 Å². The summed E-state index contributed by atoms with van der Waals surface area (Å²) in [6.45, 7) is 3.84. The first-order valence-electron chi connectivity index (χ1n) is 5.55. The van der Waals surface area contributed by atoms with Crippen LogP contribution >= 0.6 is 0 Å². The fourth-order valence-corrected chi connectivity index (χ4v) is 1.75. The van der Waals surface area contributed by atoms with E-state index in [4.69, 9.17) is 0 Å². The second-order valence-electron chi connectivity index (χ2n) is 4.36. The minimum absolute atomic E-state index is 0.0165. The van der Waals surface area contributed by atoms with Crippen LogP contribution in [-0.2, 0) is 11.2 Å². The summed E-state index contributed by atoms with van der Waals surface area (Å²) in [6, 6.07) is 5.59.